The molecule has 0 bridgehead atoms. The number of nitrogens with zero attached hydrogens (tertiary/aromatic N) is 3. The second-order valence-corrected chi connectivity index (χ2v) is 7.62. The first-order valence-electron chi connectivity index (χ1n) is 9.45. The van der Waals surface area contributed by atoms with E-state index in [1.807, 2.05) is 13.1 Å². The van der Waals surface area contributed by atoms with E-state index in [4.69, 9.17) is 0 Å². The summed E-state index contributed by atoms with van der Waals surface area (Å²) in [7, 11) is 2.22. The van der Waals surface area contributed by atoms with Gasteiger partial charge in [0.2, 0.25) is 0 Å². The van der Waals surface area contributed by atoms with E-state index >= 15 is 0 Å². The Hall–Kier alpha value is -2.39. The third-order valence-electron chi connectivity index (χ3n) is 5.54. The van der Waals surface area contributed by atoms with Crippen LogP contribution < -0.4 is 0 Å². The van der Waals surface area contributed by atoms with Gasteiger partial charge in [-0.25, -0.2) is 0 Å². The number of aromatic nitrogens is 2. The molecule has 0 radical (unpaired) electrons. The summed E-state index contributed by atoms with van der Waals surface area (Å²) in [6.45, 7) is 8.64. The van der Waals surface area contributed by atoms with Crippen molar-refractivity contribution >= 4 is 22.7 Å². The van der Waals surface area contributed by atoms with Crippen molar-refractivity contribution in [1.82, 2.24) is 14.5 Å². The molecule has 3 heteroatoms. The van der Waals surface area contributed by atoms with E-state index < -0.39 is 0 Å². The topological polar surface area (TPSA) is 21.1 Å². The zero-order valence-corrected chi connectivity index (χ0v) is 16.2. The molecule has 0 saturated heterocycles. The molecular weight excluding hydrogens is 318 g/mol. The van der Waals surface area contributed by atoms with Gasteiger partial charge in [0.05, 0.1) is 5.52 Å². The van der Waals surface area contributed by atoms with Gasteiger partial charge in [-0.1, -0.05) is 17.7 Å². The first-order chi connectivity index (χ1) is 12.5. The molecule has 1 aliphatic heterocycles. The van der Waals surface area contributed by atoms with Crippen molar-refractivity contribution in [2.45, 2.75) is 33.6 Å². The molecule has 1 aliphatic rings. The highest BCUT2D eigenvalue weighted by Crippen LogP contribution is 2.31. The average Bonchev–Trinajstić information content (AvgIpc) is 2.76. The largest absolute Gasteiger partial charge is 0.320 e. The third-order valence-corrected chi connectivity index (χ3v) is 5.54. The third kappa shape index (κ3) is 3.08. The van der Waals surface area contributed by atoms with E-state index in [-0.39, 0.29) is 0 Å². The minimum atomic E-state index is 1.06. The van der Waals surface area contributed by atoms with Gasteiger partial charge in [-0.05, 0) is 69.1 Å². The molecule has 134 valence electrons. The predicted octanol–water partition coefficient (Wildman–Crippen LogP) is 4.70. The van der Waals surface area contributed by atoms with Crippen LogP contribution in [-0.4, -0.2) is 34.6 Å². The number of hydrogen-bond acceptors (Lipinski definition) is 2. The summed E-state index contributed by atoms with van der Waals surface area (Å²) < 4.78 is 2.43. The van der Waals surface area contributed by atoms with Crippen LogP contribution >= 0.6 is 0 Å². The molecular formula is C23H27N3. The molecule has 0 fully saturated rings. The van der Waals surface area contributed by atoms with Crippen molar-refractivity contribution in [3.8, 4) is 0 Å². The number of rotatable bonds is 2. The molecule has 0 atom stereocenters. The van der Waals surface area contributed by atoms with Crippen LogP contribution in [0.4, 0.5) is 0 Å². The van der Waals surface area contributed by atoms with E-state index in [9.17, 15) is 0 Å². The minimum absolute atomic E-state index is 1.06. The van der Waals surface area contributed by atoms with Gasteiger partial charge in [0.1, 0.15) is 0 Å². The van der Waals surface area contributed by atoms with Crippen molar-refractivity contribution in [2.24, 2.45) is 0 Å². The number of pyridine rings is 1. The fourth-order valence-electron chi connectivity index (χ4n) is 3.93. The van der Waals surface area contributed by atoms with Crippen LogP contribution in [0.3, 0.4) is 0 Å². The number of hydrogen-bond donors (Lipinski definition) is 0. The first kappa shape index (κ1) is 17.0. The zero-order chi connectivity index (χ0) is 18.3. The van der Waals surface area contributed by atoms with Crippen LogP contribution in [0.15, 0.2) is 36.5 Å². The molecule has 0 unspecified atom stereocenters. The Morgan fingerprint density at radius 3 is 2.65 bits per heavy atom. The molecule has 0 aliphatic carbocycles. The molecule has 0 N–H and O–H groups in total. The lowest BCUT2D eigenvalue weighted by molar-refractivity contribution is 0.351. The Labute approximate surface area is 156 Å². The quantitative estimate of drug-likeness (QED) is 0.671. The first-order valence-corrected chi connectivity index (χ1v) is 9.45. The Morgan fingerprint density at radius 2 is 1.88 bits per heavy atom. The summed E-state index contributed by atoms with van der Waals surface area (Å²) >= 11 is 0. The molecule has 0 spiro atoms. The van der Waals surface area contributed by atoms with Crippen molar-refractivity contribution in [1.29, 1.82) is 0 Å². The fraction of sp³-hybridized carbons (Fsp3) is 0.348. The van der Waals surface area contributed by atoms with Gasteiger partial charge in [0.25, 0.3) is 0 Å². The standard InChI is InChI=1S/C23H27N3/c1-16-5-8-22-21(13-16)20-9-11-25(4)12-10-23(20)26(22)15-17(2)19-7-6-18(3)24-14-19/h5-8,13-15H,9-12H2,1-4H3. The van der Waals surface area contributed by atoms with Gasteiger partial charge in [-0.2, -0.15) is 0 Å². The predicted molar refractivity (Wildman–Crippen MR) is 110 cm³/mol. The number of fused-ring (bicyclic) bond motifs is 3. The number of aryl methyl sites for hydroxylation is 2. The lowest BCUT2D eigenvalue weighted by Gasteiger charge is -2.13. The Balaban J connectivity index is 1.89. The highest BCUT2D eigenvalue weighted by molar-refractivity contribution is 5.90. The average molecular weight is 345 g/mol. The van der Waals surface area contributed by atoms with Gasteiger partial charge < -0.3 is 9.47 Å². The van der Waals surface area contributed by atoms with Crippen molar-refractivity contribution in [3.63, 3.8) is 0 Å². The molecule has 0 amide bonds. The molecule has 3 nitrogen and oxygen atoms in total. The molecule has 26 heavy (non-hydrogen) atoms. The maximum Gasteiger partial charge on any atom is 0.0528 e. The highest BCUT2D eigenvalue weighted by Gasteiger charge is 2.20. The summed E-state index contributed by atoms with van der Waals surface area (Å²) in [5.74, 6) is 0. The lowest BCUT2D eigenvalue weighted by atomic mass is 10.1. The smallest absolute Gasteiger partial charge is 0.0528 e. The van der Waals surface area contributed by atoms with Gasteiger partial charge in [0.15, 0.2) is 0 Å². The van der Waals surface area contributed by atoms with Gasteiger partial charge in [0, 0.05) is 48.7 Å². The maximum atomic E-state index is 4.46. The van der Waals surface area contributed by atoms with Crippen LogP contribution in [-0.2, 0) is 12.8 Å². The SMILES string of the molecule is CC(=Cn1c2c(c3cc(C)ccc31)CCN(C)CC2)c1ccc(C)nc1. The van der Waals surface area contributed by atoms with E-state index in [0.717, 1.165) is 31.6 Å². The van der Waals surface area contributed by atoms with E-state index in [1.54, 1.807) is 0 Å². The summed E-state index contributed by atoms with van der Waals surface area (Å²) in [6, 6.07) is 11.1. The van der Waals surface area contributed by atoms with Crippen LogP contribution in [0.2, 0.25) is 0 Å². The highest BCUT2D eigenvalue weighted by atomic mass is 15.1. The summed E-state index contributed by atoms with van der Waals surface area (Å²) in [6.07, 6.45) is 6.49. The second kappa shape index (κ2) is 6.73. The second-order valence-electron chi connectivity index (χ2n) is 7.62. The summed E-state index contributed by atoms with van der Waals surface area (Å²) in [4.78, 5) is 6.90. The molecule has 3 aromatic rings. The van der Waals surface area contributed by atoms with Crippen LogP contribution in [0.5, 0.6) is 0 Å². The van der Waals surface area contributed by atoms with Crippen LogP contribution in [0, 0.1) is 13.8 Å². The van der Waals surface area contributed by atoms with E-state index in [0.29, 0.717) is 0 Å². The molecule has 2 aromatic heterocycles. The molecule has 4 rings (SSSR count). The zero-order valence-electron chi connectivity index (χ0n) is 16.2. The number of allylic oxidation sites excluding steroid dienone is 1. The number of benzene rings is 1. The summed E-state index contributed by atoms with van der Waals surface area (Å²) in [5, 5.41) is 1.42. The van der Waals surface area contributed by atoms with Gasteiger partial charge in [-0.3, -0.25) is 4.98 Å². The Morgan fingerprint density at radius 1 is 1.08 bits per heavy atom. The Bertz CT molecular complexity index is 977. The molecule has 1 aromatic carbocycles. The monoisotopic (exact) mass is 345 g/mol. The van der Waals surface area contributed by atoms with Crippen molar-refractivity contribution in [2.75, 3.05) is 20.1 Å². The maximum absolute atomic E-state index is 4.46. The summed E-state index contributed by atoms with van der Waals surface area (Å²) in [5.41, 5.74) is 9.14. The fourth-order valence-corrected chi connectivity index (χ4v) is 3.93. The van der Waals surface area contributed by atoms with Gasteiger partial charge >= 0.3 is 0 Å². The molecule has 3 heterocycles. The minimum Gasteiger partial charge on any atom is -0.320 e. The van der Waals surface area contributed by atoms with Crippen molar-refractivity contribution < 1.29 is 0 Å². The van der Waals surface area contributed by atoms with Gasteiger partial charge in [-0.15, -0.1) is 0 Å². The van der Waals surface area contributed by atoms with E-state index in [2.05, 4.69) is 71.9 Å². The van der Waals surface area contributed by atoms with Crippen LogP contribution in [0.25, 0.3) is 22.7 Å². The number of likely N-dealkylation sites (N-methyl/N-ethyl adjacent to an activating group) is 1. The van der Waals surface area contributed by atoms with E-state index in [1.165, 1.54) is 38.9 Å². The Kier molecular flexibility index (Phi) is 4.41. The molecule has 0 saturated carbocycles. The van der Waals surface area contributed by atoms with Crippen LogP contribution in [0.1, 0.15) is 35.0 Å². The normalized spacial score (nSPS) is 15.9. The lowest BCUT2D eigenvalue weighted by Crippen LogP contribution is -2.21. The van der Waals surface area contributed by atoms with Crippen molar-refractivity contribution in [3.05, 3.63) is 64.6 Å².